The van der Waals surface area contributed by atoms with Gasteiger partial charge in [-0.05, 0) is 82.4 Å². The number of ketones is 1. The number of hydrogen-bond acceptors (Lipinski definition) is 5. The van der Waals surface area contributed by atoms with E-state index in [1.54, 1.807) is 6.08 Å². The van der Waals surface area contributed by atoms with Gasteiger partial charge in [0.1, 0.15) is 5.60 Å². The van der Waals surface area contributed by atoms with Crippen molar-refractivity contribution in [1.29, 1.82) is 0 Å². The lowest BCUT2D eigenvalue weighted by atomic mass is 10.0. The molecule has 242 valence electrons. The van der Waals surface area contributed by atoms with Crippen LogP contribution in [0, 0.1) is 0 Å². The fourth-order valence-electron chi connectivity index (χ4n) is 3.97. The molecule has 7 heteroatoms. The molecule has 0 aliphatic heterocycles. The molecule has 41 heavy (non-hydrogen) atoms. The fraction of sp³-hybridized carbons (Fsp3) is 0.882. The van der Waals surface area contributed by atoms with Crippen molar-refractivity contribution in [3.05, 3.63) is 12.2 Å². The molecule has 0 unspecified atom stereocenters. The molecule has 0 saturated carbocycles. The number of allylic oxidation sites excluding steroid dienone is 1. The molecular weight excluding hydrogens is 545 g/mol. The van der Waals surface area contributed by atoms with E-state index in [9.17, 15) is 9.59 Å². The van der Waals surface area contributed by atoms with Crippen molar-refractivity contribution in [2.45, 2.75) is 194 Å². The smallest absolute Gasteiger partial charge is 0.306 e. The Morgan fingerprint density at radius 3 is 1.66 bits per heavy atom. The summed E-state index contributed by atoms with van der Waals surface area (Å²) in [6.07, 6.45) is 13.6. The zero-order chi connectivity index (χ0) is 32.1. The molecule has 0 rings (SSSR count). The minimum absolute atomic E-state index is 0.0504. The third-order valence-corrected chi connectivity index (χ3v) is 17.6. The van der Waals surface area contributed by atoms with Gasteiger partial charge in [-0.3, -0.25) is 9.59 Å². The second-order valence-corrected chi connectivity index (χ2v) is 25.4. The van der Waals surface area contributed by atoms with Gasteiger partial charge >= 0.3 is 5.97 Å². The van der Waals surface area contributed by atoms with Crippen LogP contribution in [0.25, 0.3) is 0 Å². The monoisotopic (exact) mass is 612 g/mol. The van der Waals surface area contributed by atoms with E-state index in [2.05, 4.69) is 74.7 Å². The van der Waals surface area contributed by atoms with Crippen LogP contribution in [0.15, 0.2) is 12.2 Å². The number of carbonyl (C=O) groups excluding carboxylic acids is 2. The highest BCUT2D eigenvalue weighted by Gasteiger charge is 2.44. The minimum Gasteiger partial charge on any atom is -0.460 e. The molecule has 0 amide bonds. The maximum atomic E-state index is 12.9. The first kappa shape index (κ1) is 40.2. The summed E-state index contributed by atoms with van der Waals surface area (Å²) in [5.41, 5.74) is -0.425. The Morgan fingerprint density at radius 2 is 1.17 bits per heavy atom. The Balaban J connectivity index is 5.36. The lowest BCUT2D eigenvalue weighted by Gasteiger charge is -2.44. The second kappa shape index (κ2) is 17.5. The quantitative estimate of drug-likeness (QED) is 0.0628. The summed E-state index contributed by atoms with van der Waals surface area (Å²) in [7, 11) is -4.13. The van der Waals surface area contributed by atoms with Crippen LogP contribution in [-0.2, 0) is 23.2 Å². The summed E-state index contributed by atoms with van der Waals surface area (Å²) in [5.74, 6) is 0.0278. The first-order valence-electron chi connectivity index (χ1n) is 16.3. The van der Waals surface area contributed by atoms with Gasteiger partial charge in [-0.25, -0.2) is 0 Å². The van der Waals surface area contributed by atoms with Gasteiger partial charge in [-0.15, -0.1) is 0 Å². The van der Waals surface area contributed by atoms with Gasteiger partial charge in [0, 0.05) is 12.8 Å². The van der Waals surface area contributed by atoms with Gasteiger partial charge in [0.05, 0.1) is 12.2 Å². The van der Waals surface area contributed by atoms with E-state index in [1.165, 1.54) is 6.42 Å². The zero-order valence-corrected chi connectivity index (χ0v) is 31.6. The summed E-state index contributed by atoms with van der Waals surface area (Å²) >= 11 is 0. The third kappa shape index (κ3) is 17.2. The molecular formula is C34H68O5Si2. The maximum absolute atomic E-state index is 12.9. The molecule has 0 N–H and O–H groups in total. The first-order chi connectivity index (χ1) is 18.5. The van der Waals surface area contributed by atoms with Crippen LogP contribution in [0.4, 0.5) is 0 Å². The van der Waals surface area contributed by atoms with Crippen LogP contribution in [0.3, 0.4) is 0 Å². The van der Waals surface area contributed by atoms with E-state index in [0.717, 1.165) is 51.4 Å². The third-order valence-electron chi connectivity index (χ3n) is 8.64. The number of rotatable bonds is 19. The van der Waals surface area contributed by atoms with Crippen molar-refractivity contribution in [2.75, 3.05) is 0 Å². The summed E-state index contributed by atoms with van der Waals surface area (Å²) in [4.78, 5) is 24.8. The molecule has 0 aromatic rings. The molecule has 2 atom stereocenters. The number of esters is 1. The first-order valence-corrected chi connectivity index (χ1v) is 22.1. The Kier molecular flexibility index (Phi) is 17.2. The molecule has 0 heterocycles. The molecule has 0 aromatic heterocycles. The molecule has 0 bridgehead atoms. The largest absolute Gasteiger partial charge is 0.460 e. The van der Waals surface area contributed by atoms with E-state index in [-0.39, 0.29) is 34.0 Å². The molecule has 0 aliphatic rings. The van der Waals surface area contributed by atoms with Crippen LogP contribution in [-0.4, -0.2) is 46.2 Å². The van der Waals surface area contributed by atoms with Gasteiger partial charge < -0.3 is 13.6 Å². The van der Waals surface area contributed by atoms with Gasteiger partial charge in [0.15, 0.2) is 22.4 Å². The Labute approximate surface area is 257 Å². The Morgan fingerprint density at radius 1 is 0.683 bits per heavy atom. The van der Waals surface area contributed by atoms with Crippen molar-refractivity contribution in [1.82, 2.24) is 0 Å². The summed E-state index contributed by atoms with van der Waals surface area (Å²) in [5, 5.41) is 0.168. The molecule has 5 nitrogen and oxygen atoms in total. The highest BCUT2D eigenvalue weighted by atomic mass is 28.4. The molecule has 0 aliphatic carbocycles. The van der Waals surface area contributed by atoms with Crippen molar-refractivity contribution < 1.29 is 23.2 Å². The van der Waals surface area contributed by atoms with Crippen molar-refractivity contribution in [3.63, 3.8) is 0 Å². The van der Waals surface area contributed by atoms with E-state index in [1.807, 2.05) is 26.8 Å². The van der Waals surface area contributed by atoms with Crippen molar-refractivity contribution in [2.24, 2.45) is 0 Å². The zero-order valence-electron chi connectivity index (χ0n) is 29.6. The molecule has 0 aromatic carbocycles. The Hall–Kier alpha value is -0.766. The molecule has 0 spiro atoms. The number of unbranched alkanes of at least 4 members (excludes halogenated alkanes) is 6. The average molecular weight is 613 g/mol. The van der Waals surface area contributed by atoms with E-state index >= 15 is 0 Å². The molecule has 0 fully saturated rings. The summed E-state index contributed by atoms with van der Waals surface area (Å²) < 4.78 is 19.4. The van der Waals surface area contributed by atoms with Crippen LogP contribution < -0.4 is 0 Å². The van der Waals surface area contributed by atoms with Gasteiger partial charge in [0.2, 0.25) is 0 Å². The van der Waals surface area contributed by atoms with Gasteiger partial charge in [-0.2, -0.15) is 0 Å². The predicted octanol–water partition coefficient (Wildman–Crippen LogP) is 10.5. The minimum atomic E-state index is -2.10. The molecule has 0 radical (unpaired) electrons. The van der Waals surface area contributed by atoms with E-state index in [0.29, 0.717) is 12.8 Å². The Bertz CT molecular complexity index is 797. The van der Waals surface area contributed by atoms with Crippen LogP contribution in [0.5, 0.6) is 0 Å². The van der Waals surface area contributed by atoms with Gasteiger partial charge in [-0.1, -0.05) is 93.1 Å². The van der Waals surface area contributed by atoms with Crippen LogP contribution in [0.1, 0.15) is 140 Å². The maximum Gasteiger partial charge on any atom is 0.306 e. The standard InChI is InChI=1S/C34H68O5Si2/c1-15-16-20-24-29(38-40(11,12)33(5,6)7)30(39-41(13,14)34(8,9)10)27-26-28(35)23-21-18-17-19-22-25-31(36)37-32(2,3)4/h26-27,29-30H,15-25H2,1-14H3/b27-26+/t29-,30+/m1/s1. The highest BCUT2D eigenvalue weighted by molar-refractivity contribution is 6.74. The average Bonchev–Trinajstić information content (AvgIpc) is 2.77. The van der Waals surface area contributed by atoms with Gasteiger partial charge in [0.25, 0.3) is 0 Å². The van der Waals surface area contributed by atoms with Crippen molar-refractivity contribution >= 4 is 28.4 Å². The predicted molar refractivity (Wildman–Crippen MR) is 181 cm³/mol. The van der Waals surface area contributed by atoms with Crippen molar-refractivity contribution in [3.8, 4) is 0 Å². The van der Waals surface area contributed by atoms with Crippen LogP contribution in [0.2, 0.25) is 36.3 Å². The fourth-order valence-corrected chi connectivity index (χ4v) is 6.60. The number of hydrogen-bond donors (Lipinski definition) is 0. The highest BCUT2D eigenvalue weighted by Crippen LogP contribution is 2.41. The van der Waals surface area contributed by atoms with E-state index in [4.69, 9.17) is 13.6 Å². The molecule has 0 saturated heterocycles. The second-order valence-electron chi connectivity index (χ2n) is 15.9. The lowest BCUT2D eigenvalue weighted by Crippen LogP contribution is -2.51. The normalized spacial score (nSPS) is 15.3. The SMILES string of the molecule is CCCCC[C@@H](O[Si](C)(C)C(C)(C)C)[C@H](/C=C/C(=O)CCCCCCCC(=O)OC(C)(C)C)O[Si](C)(C)C(C)(C)C. The lowest BCUT2D eigenvalue weighted by molar-refractivity contribution is -0.154. The summed E-state index contributed by atoms with van der Waals surface area (Å²) in [6.45, 7) is 30.7. The summed E-state index contributed by atoms with van der Waals surface area (Å²) in [6, 6.07) is 0. The topological polar surface area (TPSA) is 61.8 Å². The van der Waals surface area contributed by atoms with Crippen LogP contribution >= 0.6 is 0 Å². The number of carbonyl (C=O) groups is 2. The number of ether oxygens (including phenoxy) is 1. The van der Waals surface area contributed by atoms with E-state index < -0.39 is 22.2 Å².